The van der Waals surface area contributed by atoms with Gasteiger partial charge in [0, 0.05) is 12.0 Å². The molecule has 1 aromatic rings. The second-order valence-electron chi connectivity index (χ2n) is 7.96. The van der Waals surface area contributed by atoms with Crippen LogP contribution in [0.1, 0.15) is 54.0 Å². The fraction of sp³-hybridized carbons (Fsp3) is 0.556. The summed E-state index contributed by atoms with van der Waals surface area (Å²) in [6, 6.07) is 4.92. The summed E-state index contributed by atoms with van der Waals surface area (Å²) in [6.07, 6.45) is 0.00190. The number of aliphatic hydroxyl groups is 2. The SMILES string of the molecule is CC(C)(CO)COC(=O)c1c[c-]cc(C(=O)OS(=O)(=O)O)c1CC(C)(C)CO.[Na+]. The molecule has 0 aliphatic rings. The Balaban J connectivity index is 0.00000784. The fourth-order valence-electron chi connectivity index (χ4n) is 2.14. The summed E-state index contributed by atoms with van der Waals surface area (Å²) < 4.78 is 39.7. The van der Waals surface area contributed by atoms with Gasteiger partial charge in [0.25, 0.3) is 5.97 Å². The number of aliphatic hydroxyl groups excluding tert-OH is 2. The third kappa shape index (κ3) is 9.12. The quantitative estimate of drug-likeness (QED) is 0.175. The van der Waals surface area contributed by atoms with Gasteiger partial charge in [0.1, 0.15) is 0 Å². The van der Waals surface area contributed by atoms with E-state index < -0.39 is 33.2 Å². The average molecular weight is 440 g/mol. The molecule has 158 valence electrons. The van der Waals surface area contributed by atoms with Crippen LogP contribution in [0.3, 0.4) is 0 Å². The van der Waals surface area contributed by atoms with Crippen LogP contribution >= 0.6 is 0 Å². The van der Waals surface area contributed by atoms with Crippen molar-refractivity contribution in [2.45, 2.75) is 34.1 Å². The van der Waals surface area contributed by atoms with E-state index >= 15 is 0 Å². The molecule has 0 aliphatic carbocycles. The van der Waals surface area contributed by atoms with E-state index in [9.17, 15) is 28.2 Å². The molecule has 9 nitrogen and oxygen atoms in total. The average Bonchev–Trinajstić information content (AvgIpc) is 2.58. The summed E-state index contributed by atoms with van der Waals surface area (Å²) in [6.45, 7) is 6.09. The standard InChI is InChI=1S/C18H25O9S.Na/c1-17(2,9-19)8-14-12(15(21)26-11-18(3,4)10-20)6-5-7-13(14)16(22)27-28(23,24)25;/h6-7,19-20H,8-11H2,1-4H3,(H,23,24,25);/q-1;+1. The Morgan fingerprint density at radius 2 is 1.48 bits per heavy atom. The van der Waals surface area contributed by atoms with Crippen molar-refractivity contribution in [3.8, 4) is 0 Å². The summed E-state index contributed by atoms with van der Waals surface area (Å²) in [5.41, 5.74) is -1.76. The van der Waals surface area contributed by atoms with Crippen molar-refractivity contribution in [2.75, 3.05) is 19.8 Å². The van der Waals surface area contributed by atoms with Gasteiger partial charge in [0.05, 0.1) is 13.2 Å². The number of carbonyl (C=O) groups is 2. The Bertz CT molecular complexity index is 832. The van der Waals surface area contributed by atoms with Crippen LogP contribution in [0.15, 0.2) is 12.1 Å². The van der Waals surface area contributed by atoms with Crippen LogP contribution in [-0.4, -0.2) is 54.9 Å². The number of hydrogen-bond acceptors (Lipinski definition) is 8. The summed E-state index contributed by atoms with van der Waals surface area (Å²) in [5.74, 6) is -2.21. The zero-order valence-corrected chi connectivity index (χ0v) is 20.0. The zero-order chi connectivity index (χ0) is 21.8. The predicted molar refractivity (Wildman–Crippen MR) is 98.0 cm³/mol. The Hall–Kier alpha value is -1.01. The predicted octanol–water partition coefficient (Wildman–Crippen LogP) is -1.81. The minimum absolute atomic E-state index is 0. The molecule has 0 fully saturated rings. The molecule has 1 aromatic carbocycles. The molecule has 3 N–H and O–H groups in total. The molecule has 0 aliphatic heterocycles. The van der Waals surface area contributed by atoms with E-state index in [1.54, 1.807) is 27.7 Å². The maximum absolute atomic E-state index is 12.6. The van der Waals surface area contributed by atoms with Gasteiger partial charge in [-0.2, -0.15) is 26.6 Å². The van der Waals surface area contributed by atoms with Crippen molar-refractivity contribution < 1.29 is 71.2 Å². The summed E-state index contributed by atoms with van der Waals surface area (Å²) in [4.78, 5) is 24.7. The number of esters is 1. The first kappa shape index (κ1) is 28.0. The van der Waals surface area contributed by atoms with Crippen molar-refractivity contribution >= 4 is 22.3 Å². The first-order valence-corrected chi connectivity index (χ1v) is 9.71. The number of rotatable bonds is 9. The molecule has 0 amide bonds. The van der Waals surface area contributed by atoms with Gasteiger partial charge in [-0.05, 0) is 23.0 Å². The van der Waals surface area contributed by atoms with Crippen molar-refractivity contribution in [1.29, 1.82) is 0 Å². The maximum atomic E-state index is 12.6. The van der Waals surface area contributed by atoms with Crippen LogP contribution in [-0.2, 0) is 25.7 Å². The molecule has 0 saturated heterocycles. The van der Waals surface area contributed by atoms with Crippen LogP contribution in [0.4, 0.5) is 0 Å². The van der Waals surface area contributed by atoms with Crippen LogP contribution < -0.4 is 29.6 Å². The van der Waals surface area contributed by atoms with Gasteiger partial charge in [-0.25, -0.2) is 0 Å². The van der Waals surface area contributed by atoms with Crippen molar-refractivity contribution in [3.63, 3.8) is 0 Å². The second kappa shape index (κ2) is 10.9. The summed E-state index contributed by atoms with van der Waals surface area (Å²) in [7, 11) is -5.06. The molecule has 29 heavy (non-hydrogen) atoms. The van der Waals surface area contributed by atoms with E-state index in [0.29, 0.717) is 0 Å². The van der Waals surface area contributed by atoms with Crippen molar-refractivity contribution in [3.05, 3.63) is 34.9 Å². The van der Waals surface area contributed by atoms with E-state index in [0.717, 1.165) is 6.07 Å². The molecule has 0 radical (unpaired) electrons. The smallest absolute Gasteiger partial charge is 0.471 e. The Morgan fingerprint density at radius 1 is 1.00 bits per heavy atom. The van der Waals surface area contributed by atoms with Gasteiger partial charge < -0.3 is 19.1 Å². The van der Waals surface area contributed by atoms with E-state index in [4.69, 9.17) is 9.29 Å². The van der Waals surface area contributed by atoms with E-state index in [-0.39, 0.29) is 72.5 Å². The van der Waals surface area contributed by atoms with E-state index in [1.165, 1.54) is 6.07 Å². The minimum atomic E-state index is -5.06. The number of carbonyl (C=O) groups excluding carboxylic acids is 2. The topological polar surface area (TPSA) is 147 Å². The largest absolute Gasteiger partial charge is 1.00 e. The normalized spacial score (nSPS) is 12.1. The van der Waals surface area contributed by atoms with Gasteiger partial charge in [-0.3, -0.25) is 14.1 Å². The van der Waals surface area contributed by atoms with Crippen LogP contribution in [0, 0.1) is 16.9 Å². The fourth-order valence-corrected chi connectivity index (χ4v) is 2.42. The Kier molecular flexibility index (Phi) is 10.5. The minimum Gasteiger partial charge on any atom is -0.471 e. The van der Waals surface area contributed by atoms with E-state index in [1.807, 2.05) is 0 Å². The third-order valence-corrected chi connectivity index (χ3v) is 4.19. The molecule has 0 spiro atoms. The first-order chi connectivity index (χ1) is 12.7. The molecule has 0 saturated carbocycles. The van der Waals surface area contributed by atoms with Gasteiger partial charge in [-0.15, -0.1) is 5.56 Å². The van der Waals surface area contributed by atoms with Gasteiger partial charge in [-0.1, -0.05) is 27.7 Å². The van der Waals surface area contributed by atoms with E-state index in [2.05, 4.69) is 10.2 Å². The van der Waals surface area contributed by atoms with Crippen LogP contribution in [0.25, 0.3) is 0 Å². The van der Waals surface area contributed by atoms with Crippen molar-refractivity contribution in [1.82, 2.24) is 0 Å². The molecule has 11 heteroatoms. The van der Waals surface area contributed by atoms with Gasteiger partial charge in [0.15, 0.2) is 0 Å². The van der Waals surface area contributed by atoms with Gasteiger partial charge in [0.2, 0.25) is 0 Å². The van der Waals surface area contributed by atoms with Crippen molar-refractivity contribution in [2.24, 2.45) is 10.8 Å². The summed E-state index contributed by atoms with van der Waals surface area (Å²) >= 11 is 0. The number of hydrogen-bond donors (Lipinski definition) is 3. The monoisotopic (exact) mass is 440 g/mol. The van der Waals surface area contributed by atoms with Crippen LogP contribution in [0.2, 0.25) is 0 Å². The second-order valence-corrected chi connectivity index (χ2v) is 8.98. The third-order valence-electron chi connectivity index (χ3n) is 3.83. The Morgan fingerprint density at radius 3 is 1.93 bits per heavy atom. The van der Waals surface area contributed by atoms with Crippen LogP contribution in [0.5, 0.6) is 0 Å². The Labute approximate surface area is 192 Å². The molecule has 0 bridgehead atoms. The van der Waals surface area contributed by atoms with Gasteiger partial charge >= 0.3 is 45.9 Å². The molecule has 0 aromatic heterocycles. The molecule has 0 heterocycles. The zero-order valence-electron chi connectivity index (χ0n) is 17.2. The molecule has 0 unspecified atom stereocenters. The molecule has 0 atom stereocenters. The molecule has 1 rings (SSSR count). The number of ether oxygens (including phenoxy) is 1. The summed E-state index contributed by atoms with van der Waals surface area (Å²) in [5, 5.41) is 18.8. The molecular weight excluding hydrogens is 415 g/mol. The molecular formula is C18H25NaO9S. The maximum Gasteiger partial charge on any atom is 1.00 e. The number of benzene rings is 1. The first-order valence-electron chi connectivity index (χ1n) is 8.34.